The first-order valence-electron chi connectivity index (χ1n) is 12.3. The first-order chi connectivity index (χ1) is 16.6. The summed E-state index contributed by atoms with van der Waals surface area (Å²) >= 11 is 0. The number of likely N-dealkylation sites (N-methyl/N-ethyl adjacent to an activating group) is 1. The topological polar surface area (TPSA) is 79.0 Å². The Kier molecular flexibility index (Phi) is 9.33. The van der Waals surface area contributed by atoms with Crippen LogP contribution >= 0.6 is 0 Å². The van der Waals surface area contributed by atoms with Gasteiger partial charge in [0.1, 0.15) is 11.5 Å². The Morgan fingerprint density at radius 3 is 2.37 bits per heavy atom. The lowest BCUT2D eigenvalue weighted by Crippen LogP contribution is -2.30. The molecule has 0 aliphatic carbocycles. The van der Waals surface area contributed by atoms with Crippen molar-refractivity contribution in [2.75, 3.05) is 52.7 Å². The first-order valence-corrected chi connectivity index (χ1v) is 13.7. The van der Waals surface area contributed by atoms with Gasteiger partial charge in [0.05, 0.1) is 12.0 Å². The summed E-state index contributed by atoms with van der Waals surface area (Å²) in [5.41, 5.74) is 5.19. The van der Waals surface area contributed by atoms with E-state index in [9.17, 15) is 13.2 Å². The van der Waals surface area contributed by atoms with Crippen LogP contribution in [-0.2, 0) is 27.7 Å². The van der Waals surface area contributed by atoms with Crippen LogP contribution in [0.4, 0.5) is 5.69 Å². The maximum atomic E-state index is 13.1. The van der Waals surface area contributed by atoms with Crippen molar-refractivity contribution in [1.29, 1.82) is 0 Å². The minimum atomic E-state index is -3.69. The fourth-order valence-electron chi connectivity index (χ4n) is 4.58. The average Bonchev–Trinajstić information content (AvgIpc) is 3.00. The van der Waals surface area contributed by atoms with E-state index in [4.69, 9.17) is 4.74 Å². The molecule has 35 heavy (non-hydrogen) atoms. The SMILES string of the molecule is COc1cc(C)c(S(=O)(=O)N(C)CCC(=O)CCCNc2ccc3c(c2)CCN(C)CC3)c(C)c1. The largest absolute Gasteiger partial charge is 0.497 e. The van der Waals surface area contributed by atoms with E-state index in [1.54, 1.807) is 33.1 Å². The highest BCUT2D eigenvalue weighted by Gasteiger charge is 2.25. The zero-order chi connectivity index (χ0) is 25.6. The summed E-state index contributed by atoms with van der Waals surface area (Å²) in [7, 11) is 1.57. The molecule has 1 N–H and O–H groups in total. The number of hydrogen-bond acceptors (Lipinski definition) is 6. The van der Waals surface area contributed by atoms with Crippen LogP contribution in [0.25, 0.3) is 0 Å². The predicted molar refractivity (Wildman–Crippen MR) is 141 cm³/mol. The third-order valence-electron chi connectivity index (χ3n) is 6.74. The van der Waals surface area contributed by atoms with E-state index >= 15 is 0 Å². The van der Waals surface area contributed by atoms with Gasteiger partial charge in [-0.2, -0.15) is 0 Å². The maximum absolute atomic E-state index is 13.1. The van der Waals surface area contributed by atoms with Gasteiger partial charge in [-0.15, -0.1) is 0 Å². The highest BCUT2D eigenvalue weighted by Crippen LogP contribution is 2.28. The molecule has 192 valence electrons. The Bertz CT molecular complexity index is 1120. The average molecular weight is 502 g/mol. The van der Waals surface area contributed by atoms with Crippen molar-refractivity contribution in [3.63, 3.8) is 0 Å². The number of sulfonamides is 1. The van der Waals surface area contributed by atoms with Crippen LogP contribution in [0, 0.1) is 13.8 Å². The van der Waals surface area contributed by atoms with Crippen LogP contribution in [0.2, 0.25) is 0 Å². The first kappa shape index (κ1) is 27.2. The van der Waals surface area contributed by atoms with E-state index in [0.29, 0.717) is 36.3 Å². The number of ketones is 1. The Morgan fingerprint density at radius 1 is 1.06 bits per heavy atom. The minimum absolute atomic E-state index is 0.0713. The molecule has 0 spiro atoms. The van der Waals surface area contributed by atoms with Crippen molar-refractivity contribution in [1.82, 2.24) is 9.21 Å². The second-order valence-corrected chi connectivity index (χ2v) is 11.5. The van der Waals surface area contributed by atoms with Gasteiger partial charge in [0.25, 0.3) is 0 Å². The van der Waals surface area contributed by atoms with Crippen LogP contribution in [0.15, 0.2) is 35.2 Å². The molecule has 0 radical (unpaired) electrons. The fraction of sp³-hybridized carbons (Fsp3) is 0.519. The number of aryl methyl sites for hydroxylation is 2. The number of carbonyl (C=O) groups is 1. The molecule has 1 heterocycles. The van der Waals surface area contributed by atoms with E-state index in [1.807, 2.05) is 0 Å². The van der Waals surface area contributed by atoms with Gasteiger partial charge < -0.3 is 15.0 Å². The summed E-state index contributed by atoms with van der Waals surface area (Å²) in [5.74, 6) is 0.700. The lowest BCUT2D eigenvalue weighted by atomic mass is 10.0. The molecule has 8 heteroatoms. The zero-order valence-electron chi connectivity index (χ0n) is 21.7. The van der Waals surface area contributed by atoms with Crippen molar-refractivity contribution in [3.8, 4) is 5.75 Å². The smallest absolute Gasteiger partial charge is 0.243 e. The van der Waals surface area contributed by atoms with Crippen molar-refractivity contribution in [2.24, 2.45) is 0 Å². The fourth-order valence-corrected chi connectivity index (χ4v) is 6.16. The molecule has 0 bridgehead atoms. The molecule has 2 aromatic carbocycles. The number of ether oxygens (including phenoxy) is 1. The predicted octanol–water partition coefficient (Wildman–Crippen LogP) is 3.81. The molecule has 1 aliphatic heterocycles. The number of carbonyl (C=O) groups excluding carboxylic acids is 1. The van der Waals surface area contributed by atoms with E-state index in [2.05, 4.69) is 35.5 Å². The summed E-state index contributed by atoms with van der Waals surface area (Å²) in [5, 5.41) is 3.43. The number of Topliss-reactive ketones (excluding diaryl/α,β-unsaturated/α-hetero) is 1. The van der Waals surface area contributed by atoms with Gasteiger partial charge in [-0.1, -0.05) is 6.07 Å². The molecule has 0 saturated heterocycles. The van der Waals surface area contributed by atoms with Gasteiger partial charge in [-0.25, -0.2) is 12.7 Å². The van der Waals surface area contributed by atoms with Gasteiger partial charge in [0.15, 0.2) is 0 Å². The third-order valence-corrected chi connectivity index (χ3v) is 8.90. The number of fused-ring (bicyclic) bond motifs is 1. The molecular formula is C27H39N3O4S. The molecule has 0 unspecified atom stereocenters. The number of methoxy groups -OCH3 is 1. The number of rotatable bonds is 11. The van der Waals surface area contributed by atoms with Gasteiger partial charge in [0, 0.05) is 51.8 Å². The van der Waals surface area contributed by atoms with Crippen molar-refractivity contribution in [2.45, 2.75) is 50.8 Å². The van der Waals surface area contributed by atoms with Gasteiger partial charge in [-0.3, -0.25) is 4.79 Å². The second-order valence-electron chi connectivity index (χ2n) is 9.52. The molecule has 1 aliphatic rings. The quantitative estimate of drug-likeness (QED) is 0.472. The van der Waals surface area contributed by atoms with Crippen LogP contribution in [0.3, 0.4) is 0 Å². The zero-order valence-corrected chi connectivity index (χ0v) is 22.5. The van der Waals surface area contributed by atoms with E-state index < -0.39 is 10.0 Å². The third kappa shape index (κ3) is 7.06. The number of hydrogen-bond donors (Lipinski definition) is 1. The van der Waals surface area contributed by atoms with Crippen LogP contribution in [0.5, 0.6) is 5.75 Å². The minimum Gasteiger partial charge on any atom is -0.497 e. The standard InChI is InChI=1S/C27H39N3O4S/c1-20-17-26(34-5)18-21(2)27(20)35(32,33)30(4)16-12-25(31)7-6-13-28-24-9-8-22-10-14-29(3)15-11-23(22)19-24/h8-9,17-19,28H,6-7,10-16H2,1-5H3. The number of benzene rings is 2. The van der Waals surface area contributed by atoms with Gasteiger partial charge in [-0.05, 0) is 86.7 Å². The summed E-state index contributed by atoms with van der Waals surface area (Å²) < 4.78 is 32.7. The molecule has 0 atom stereocenters. The van der Waals surface area contributed by atoms with Crippen molar-refractivity contribution < 1.29 is 17.9 Å². The molecule has 0 fully saturated rings. The van der Waals surface area contributed by atoms with Crippen molar-refractivity contribution >= 4 is 21.5 Å². The molecule has 7 nitrogen and oxygen atoms in total. The molecule has 0 saturated carbocycles. The summed E-state index contributed by atoms with van der Waals surface area (Å²) in [6.45, 7) is 6.57. The normalized spacial score (nSPS) is 14.5. The van der Waals surface area contributed by atoms with Crippen LogP contribution in [-0.4, -0.2) is 70.8 Å². The Morgan fingerprint density at radius 2 is 1.71 bits per heavy atom. The van der Waals surface area contributed by atoms with Crippen LogP contribution < -0.4 is 10.1 Å². The Labute approximate surface area is 210 Å². The van der Waals surface area contributed by atoms with Crippen molar-refractivity contribution in [3.05, 3.63) is 52.6 Å². The van der Waals surface area contributed by atoms with Gasteiger partial charge >= 0.3 is 0 Å². The summed E-state index contributed by atoms with van der Waals surface area (Å²) in [4.78, 5) is 15.1. The Hall–Kier alpha value is -2.42. The summed E-state index contributed by atoms with van der Waals surface area (Å²) in [6, 6.07) is 10.0. The number of nitrogens with zero attached hydrogens (tertiary/aromatic N) is 2. The Balaban J connectivity index is 1.45. The molecule has 2 aromatic rings. The monoisotopic (exact) mass is 501 g/mol. The molecule has 3 rings (SSSR count). The molecule has 0 amide bonds. The number of nitrogens with one attached hydrogen (secondary N) is 1. The lowest BCUT2D eigenvalue weighted by Gasteiger charge is -2.20. The second kappa shape index (κ2) is 12.0. The van der Waals surface area contributed by atoms with E-state index in [1.165, 1.54) is 22.5 Å². The maximum Gasteiger partial charge on any atom is 0.243 e. The molecular weight excluding hydrogens is 462 g/mol. The highest BCUT2D eigenvalue weighted by atomic mass is 32.2. The number of anilines is 1. The molecule has 0 aromatic heterocycles. The van der Waals surface area contributed by atoms with Gasteiger partial charge in [0.2, 0.25) is 10.0 Å². The van der Waals surface area contributed by atoms with E-state index in [0.717, 1.165) is 31.6 Å². The highest BCUT2D eigenvalue weighted by molar-refractivity contribution is 7.89. The van der Waals surface area contributed by atoms with E-state index in [-0.39, 0.29) is 23.6 Å². The summed E-state index contributed by atoms with van der Waals surface area (Å²) in [6.07, 6.45) is 3.49. The van der Waals surface area contributed by atoms with Crippen LogP contribution in [0.1, 0.15) is 41.5 Å². The lowest BCUT2D eigenvalue weighted by molar-refractivity contribution is -0.119.